The molecular weight excluding hydrogens is 765 g/mol. The highest BCUT2D eigenvalue weighted by atomic mass is 19.4. The number of hydrogen-bond donors (Lipinski definition) is 0. The maximum Gasteiger partial charge on any atom is 0.416 e. The fourth-order valence-corrected chi connectivity index (χ4v) is 12.1. The Hall–Kier alpha value is -3.48. The molecule has 5 aliphatic rings. The highest BCUT2D eigenvalue weighted by molar-refractivity contribution is 5.71. The molecule has 7 heteroatoms. The van der Waals surface area contributed by atoms with Gasteiger partial charge in [-0.3, -0.25) is 0 Å². The van der Waals surface area contributed by atoms with Crippen LogP contribution in [0.15, 0.2) is 107 Å². The van der Waals surface area contributed by atoms with Crippen LogP contribution in [0.5, 0.6) is 0 Å². The lowest BCUT2D eigenvalue weighted by Crippen LogP contribution is -2.28. The predicted octanol–water partition coefficient (Wildman–Crippen LogP) is 16.3. The summed E-state index contributed by atoms with van der Waals surface area (Å²) >= 11 is 0. The van der Waals surface area contributed by atoms with E-state index in [9.17, 15) is 26.3 Å². The second-order valence-corrected chi connectivity index (χ2v) is 19.9. The van der Waals surface area contributed by atoms with Crippen molar-refractivity contribution in [2.75, 3.05) is 11.4 Å². The van der Waals surface area contributed by atoms with Crippen LogP contribution >= 0.6 is 0 Å². The van der Waals surface area contributed by atoms with Crippen LogP contribution < -0.4 is 4.90 Å². The van der Waals surface area contributed by atoms with Crippen molar-refractivity contribution in [2.45, 2.75) is 149 Å². The van der Waals surface area contributed by atoms with Crippen molar-refractivity contribution in [3.05, 3.63) is 124 Å². The minimum absolute atomic E-state index is 0.0720. The zero-order valence-corrected chi connectivity index (χ0v) is 36.7. The fourth-order valence-electron chi connectivity index (χ4n) is 12.1. The van der Waals surface area contributed by atoms with Crippen LogP contribution in [0, 0.1) is 40.9 Å². The van der Waals surface area contributed by atoms with Crippen LogP contribution in [-0.2, 0) is 11.6 Å². The first-order valence-electron chi connectivity index (χ1n) is 23.0. The second kappa shape index (κ2) is 17.7. The molecular formula is C53H67F6N. The SMILES string of the molecule is CCC1CC2=C(C=C(C(F)(F)F)CC2)C(C)(C)C(/C=C/C2CCC(C/C=C3/N(CC)c4ccc(C(F)(F)F)cc4C3(C)C)C2C(CCC2CC=CCC2)c2ccccc2)C1. The minimum Gasteiger partial charge on any atom is -0.345 e. The van der Waals surface area contributed by atoms with Gasteiger partial charge in [-0.1, -0.05) is 113 Å². The van der Waals surface area contributed by atoms with Crippen molar-refractivity contribution in [3.8, 4) is 0 Å². The van der Waals surface area contributed by atoms with Gasteiger partial charge in [0, 0.05) is 28.9 Å². The first-order valence-corrected chi connectivity index (χ1v) is 23.0. The fraction of sp³-hybridized carbons (Fsp3) is 0.585. The zero-order valence-electron chi connectivity index (χ0n) is 36.7. The van der Waals surface area contributed by atoms with Crippen LogP contribution in [0.4, 0.5) is 32.0 Å². The first-order chi connectivity index (χ1) is 28.4. The molecule has 1 heterocycles. The standard InChI is InChI=1S/C53H67F6N/c1-7-35-31-40-23-26-42(52(54,55)56)33-45(40)50(3,4)41(32-35)25-22-38-20-21-39(49(38)44(37-17-13-10-14-18-37)28-19-36-15-11-9-12-16-36)24-30-48-51(5,6)46-34-43(53(57,58)59)27-29-47(46)60(48)8-2/h9-11,13-14,17-18,22,25,27,29-30,33-36,38-39,41,44,49H,7-8,12,15-16,19-21,23-24,26,28,31-32H2,1-6H3/b25-22+,48-30+. The number of rotatable bonds is 11. The summed E-state index contributed by atoms with van der Waals surface area (Å²) < 4.78 is 84.3. The smallest absolute Gasteiger partial charge is 0.345 e. The first kappa shape index (κ1) is 44.6. The third kappa shape index (κ3) is 9.17. The quantitative estimate of drug-likeness (QED) is 0.161. The van der Waals surface area contributed by atoms with Crippen molar-refractivity contribution >= 4 is 5.69 Å². The van der Waals surface area contributed by atoms with E-state index in [1.807, 2.05) is 0 Å². The van der Waals surface area contributed by atoms with Gasteiger partial charge in [0.2, 0.25) is 0 Å². The van der Waals surface area contributed by atoms with E-state index < -0.39 is 34.3 Å². The minimum atomic E-state index is -4.41. The van der Waals surface area contributed by atoms with E-state index >= 15 is 0 Å². The van der Waals surface area contributed by atoms with Gasteiger partial charge < -0.3 is 4.90 Å². The molecule has 0 spiro atoms. The third-order valence-electron chi connectivity index (χ3n) is 15.7. The monoisotopic (exact) mass is 832 g/mol. The van der Waals surface area contributed by atoms with Crippen molar-refractivity contribution < 1.29 is 26.3 Å². The largest absolute Gasteiger partial charge is 0.416 e. The van der Waals surface area contributed by atoms with Crippen LogP contribution in [0.3, 0.4) is 0 Å². The van der Waals surface area contributed by atoms with Gasteiger partial charge in [-0.25, -0.2) is 0 Å². The molecule has 1 aliphatic heterocycles. The van der Waals surface area contributed by atoms with Gasteiger partial charge in [0.25, 0.3) is 0 Å². The molecule has 7 atom stereocenters. The molecule has 326 valence electrons. The van der Waals surface area contributed by atoms with E-state index in [4.69, 9.17) is 0 Å². The number of likely N-dealkylation sites (N-methyl/N-ethyl adjacent to an activating group) is 1. The number of nitrogens with zero attached hydrogens (tertiary/aromatic N) is 1. The molecule has 0 N–H and O–H groups in total. The van der Waals surface area contributed by atoms with Crippen molar-refractivity contribution in [2.24, 2.45) is 40.9 Å². The lowest BCUT2D eigenvalue weighted by Gasteiger charge is -2.37. The van der Waals surface area contributed by atoms with E-state index in [1.165, 1.54) is 35.8 Å². The second-order valence-electron chi connectivity index (χ2n) is 19.9. The van der Waals surface area contributed by atoms with Gasteiger partial charge in [-0.05, 0) is 166 Å². The van der Waals surface area contributed by atoms with Crippen molar-refractivity contribution in [1.29, 1.82) is 0 Å². The highest BCUT2D eigenvalue weighted by Gasteiger charge is 2.46. The molecule has 60 heavy (non-hydrogen) atoms. The van der Waals surface area contributed by atoms with Crippen molar-refractivity contribution in [1.82, 2.24) is 0 Å². The average molecular weight is 832 g/mol. The third-order valence-corrected chi connectivity index (χ3v) is 15.7. The molecule has 0 radical (unpaired) electrons. The van der Waals surface area contributed by atoms with Crippen LogP contribution in [0.2, 0.25) is 0 Å². The van der Waals surface area contributed by atoms with Gasteiger partial charge in [0.05, 0.1) is 5.56 Å². The molecule has 1 fully saturated rings. The van der Waals surface area contributed by atoms with E-state index in [0.717, 1.165) is 86.7 Å². The van der Waals surface area contributed by atoms with Gasteiger partial charge >= 0.3 is 12.4 Å². The molecule has 4 aliphatic carbocycles. The number of halogens is 6. The number of hydrogen-bond acceptors (Lipinski definition) is 1. The van der Waals surface area contributed by atoms with Crippen LogP contribution in [-0.4, -0.2) is 12.7 Å². The number of alkyl halides is 6. The lowest BCUT2D eigenvalue weighted by molar-refractivity contribution is -0.137. The lowest BCUT2D eigenvalue weighted by atomic mass is 9.67. The summed E-state index contributed by atoms with van der Waals surface area (Å²) in [6, 6.07) is 15.2. The molecule has 2 aromatic rings. The Labute approximate surface area is 356 Å². The normalized spacial score (nSPS) is 29.2. The summed E-state index contributed by atoms with van der Waals surface area (Å²) in [5, 5.41) is 0. The van der Waals surface area contributed by atoms with E-state index in [0.29, 0.717) is 48.5 Å². The predicted molar refractivity (Wildman–Crippen MR) is 235 cm³/mol. The molecule has 1 saturated carbocycles. The van der Waals surface area contributed by atoms with Crippen molar-refractivity contribution in [3.63, 3.8) is 0 Å². The molecule has 2 aromatic carbocycles. The maximum absolute atomic E-state index is 14.1. The topological polar surface area (TPSA) is 3.24 Å². The van der Waals surface area contributed by atoms with E-state index in [2.05, 4.69) is 107 Å². The molecule has 7 unspecified atom stereocenters. The number of allylic oxidation sites excluding steroid dienone is 10. The van der Waals surface area contributed by atoms with Gasteiger partial charge in [0.15, 0.2) is 0 Å². The van der Waals surface area contributed by atoms with Crippen LogP contribution in [0.25, 0.3) is 0 Å². The number of fused-ring (bicyclic) bond motifs is 1. The molecule has 1 nitrogen and oxygen atoms in total. The Morgan fingerprint density at radius 1 is 0.850 bits per heavy atom. The number of benzene rings is 2. The van der Waals surface area contributed by atoms with Crippen LogP contribution in [0.1, 0.15) is 148 Å². The summed E-state index contributed by atoms with van der Waals surface area (Å²) in [4.78, 5) is 2.22. The Morgan fingerprint density at radius 3 is 2.28 bits per heavy atom. The van der Waals surface area contributed by atoms with Gasteiger partial charge in [-0.15, -0.1) is 0 Å². The zero-order chi connectivity index (χ0) is 43.0. The molecule has 7 rings (SSSR count). The van der Waals surface area contributed by atoms with E-state index in [1.54, 1.807) is 6.07 Å². The molecule has 0 aromatic heterocycles. The maximum atomic E-state index is 14.1. The van der Waals surface area contributed by atoms with Gasteiger partial charge in [-0.2, -0.15) is 26.3 Å². The summed E-state index contributed by atoms with van der Waals surface area (Å²) in [6.07, 6.45) is 16.8. The summed E-state index contributed by atoms with van der Waals surface area (Å²) in [5.74, 6) is 2.55. The van der Waals surface area contributed by atoms with E-state index in [-0.39, 0.29) is 12.3 Å². The summed E-state index contributed by atoms with van der Waals surface area (Å²) in [5.41, 5.74) is 4.15. The summed E-state index contributed by atoms with van der Waals surface area (Å²) in [6.45, 7) is 13.5. The molecule has 0 amide bonds. The Morgan fingerprint density at radius 2 is 1.62 bits per heavy atom. The molecule has 0 saturated heterocycles. The summed E-state index contributed by atoms with van der Waals surface area (Å²) in [7, 11) is 0. The number of anilines is 1. The molecule has 0 bridgehead atoms. The van der Waals surface area contributed by atoms with Gasteiger partial charge in [0.1, 0.15) is 0 Å². The Kier molecular flexibility index (Phi) is 13.2. The highest BCUT2D eigenvalue weighted by Crippen LogP contribution is 2.55. The average Bonchev–Trinajstić information content (AvgIpc) is 3.67. The Balaban J connectivity index is 1.25. The Bertz CT molecular complexity index is 1970.